The Morgan fingerprint density at radius 2 is 2.10 bits per heavy atom. The van der Waals surface area contributed by atoms with Gasteiger partial charge in [-0.1, -0.05) is 25.4 Å². The average Bonchev–Trinajstić information content (AvgIpc) is 3.12. The summed E-state index contributed by atoms with van der Waals surface area (Å²) in [5.74, 6) is 2.40. The van der Waals surface area contributed by atoms with E-state index >= 15 is 0 Å². The number of furan rings is 1. The zero-order chi connectivity index (χ0) is 14.3. The van der Waals surface area contributed by atoms with E-state index in [9.17, 15) is 0 Å². The van der Waals surface area contributed by atoms with E-state index in [2.05, 4.69) is 32.2 Å². The number of hydrogen-bond acceptors (Lipinski definition) is 2. The van der Waals surface area contributed by atoms with Crippen molar-refractivity contribution >= 4 is 22.6 Å². The minimum absolute atomic E-state index is 0.648. The SMILES string of the molecule is Cc1cc(Cl)c2oc(CNCC(C)C)c(C3CC3)c2c1. The number of hydrogen-bond donors (Lipinski definition) is 1. The Kier molecular flexibility index (Phi) is 3.78. The Hall–Kier alpha value is -0.990. The van der Waals surface area contributed by atoms with E-state index in [1.54, 1.807) is 0 Å². The van der Waals surface area contributed by atoms with Crippen molar-refractivity contribution in [2.75, 3.05) is 6.54 Å². The standard InChI is InChI=1S/C17H22ClNO/c1-10(2)8-19-9-15-16(12-4-5-12)13-6-11(3)7-14(18)17(13)20-15/h6-7,10,12,19H,4-5,8-9H2,1-3H3. The van der Waals surface area contributed by atoms with Gasteiger partial charge in [0.05, 0.1) is 11.6 Å². The molecular formula is C17H22ClNO. The van der Waals surface area contributed by atoms with Crippen LogP contribution in [0.5, 0.6) is 0 Å². The summed E-state index contributed by atoms with van der Waals surface area (Å²) in [6, 6.07) is 4.19. The lowest BCUT2D eigenvalue weighted by Gasteiger charge is -2.07. The van der Waals surface area contributed by atoms with Gasteiger partial charge in [0.15, 0.2) is 5.58 Å². The van der Waals surface area contributed by atoms with Gasteiger partial charge in [-0.2, -0.15) is 0 Å². The van der Waals surface area contributed by atoms with Crippen LogP contribution in [0.25, 0.3) is 11.0 Å². The van der Waals surface area contributed by atoms with E-state index < -0.39 is 0 Å². The highest BCUT2D eigenvalue weighted by molar-refractivity contribution is 6.35. The first-order valence-corrected chi connectivity index (χ1v) is 7.86. The van der Waals surface area contributed by atoms with Crippen LogP contribution in [0, 0.1) is 12.8 Å². The largest absolute Gasteiger partial charge is 0.458 e. The molecule has 1 heterocycles. The number of nitrogens with one attached hydrogen (secondary N) is 1. The summed E-state index contributed by atoms with van der Waals surface area (Å²) in [7, 11) is 0. The lowest BCUT2D eigenvalue weighted by molar-refractivity contribution is 0.481. The van der Waals surface area contributed by atoms with Crippen LogP contribution in [0.2, 0.25) is 5.02 Å². The molecule has 0 atom stereocenters. The van der Waals surface area contributed by atoms with Gasteiger partial charge in [-0.05, 0) is 55.8 Å². The minimum atomic E-state index is 0.648. The Morgan fingerprint density at radius 1 is 1.35 bits per heavy atom. The number of fused-ring (bicyclic) bond motifs is 1. The average molecular weight is 292 g/mol. The Morgan fingerprint density at radius 3 is 2.75 bits per heavy atom. The van der Waals surface area contributed by atoms with Crippen molar-refractivity contribution in [1.29, 1.82) is 0 Å². The van der Waals surface area contributed by atoms with E-state index in [0.717, 1.165) is 29.5 Å². The topological polar surface area (TPSA) is 25.2 Å². The number of aryl methyl sites for hydroxylation is 1. The molecule has 0 radical (unpaired) electrons. The van der Waals surface area contributed by atoms with Gasteiger partial charge in [-0.25, -0.2) is 0 Å². The lowest BCUT2D eigenvalue weighted by atomic mass is 10.0. The minimum Gasteiger partial charge on any atom is -0.458 e. The maximum Gasteiger partial charge on any atom is 0.153 e. The number of benzene rings is 1. The number of rotatable bonds is 5. The van der Waals surface area contributed by atoms with Crippen molar-refractivity contribution in [3.8, 4) is 0 Å². The smallest absolute Gasteiger partial charge is 0.153 e. The molecule has 0 spiro atoms. The van der Waals surface area contributed by atoms with Crippen molar-refractivity contribution in [3.05, 3.63) is 34.0 Å². The quantitative estimate of drug-likeness (QED) is 0.837. The molecule has 2 nitrogen and oxygen atoms in total. The van der Waals surface area contributed by atoms with Crippen molar-refractivity contribution in [3.63, 3.8) is 0 Å². The Labute approximate surface area is 125 Å². The zero-order valence-electron chi connectivity index (χ0n) is 12.4. The molecular weight excluding hydrogens is 270 g/mol. The van der Waals surface area contributed by atoms with Gasteiger partial charge in [0.1, 0.15) is 5.76 Å². The fourth-order valence-corrected chi connectivity index (χ4v) is 3.10. The predicted octanol–water partition coefficient (Wildman–Crippen LogP) is 5.02. The molecule has 1 aliphatic rings. The van der Waals surface area contributed by atoms with Crippen LogP contribution in [0.4, 0.5) is 0 Å². The summed E-state index contributed by atoms with van der Waals surface area (Å²) in [5.41, 5.74) is 3.45. The van der Waals surface area contributed by atoms with E-state index in [0.29, 0.717) is 11.8 Å². The van der Waals surface area contributed by atoms with Crippen LogP contribution < -0.4 is 5.32 Å². The summed E-state index contributed by atoms with van der Waals surface area (Å²) >= 11 is 6.34. The molecule has 1 N–H and O–H groups in total. The van der Waals surface area contributed by atoms with Crippen LogP contribution in [0.15, 0.2) is 16.5 Å². The van der Waals surface area contributed by atoms with Crippen LogP contribution in [0.3, 0.4) is 0 Å². The van der Waals surface area contributed by atoms with E-state index in [1.807, 2.05) is 6.07 Å². The second-order valence-corrected chi connectivity index (χ2v) is 6.77. The second kappa shape index (κ2) is 5.42. The fourth-order valence-electron chi connectivity index (χ4n) is 2.79. The first-order chi connectivity index (χ1) is 9.56. The maximum absolute atomic E-state index is 6.34. The molecule has 0 aliphatic heterocycles. The molecule has 3 rings (SSSR count). The van der Waals surface area contributed by atoms with Gasteiger partial charge in [0.2, 0.25) is 0 Å². The number of halogens is 1. The summed E-state index contributed by atoms with van der Waals surface area (Å²) < 4.78 is 6.07. The zero-order valence-corrected chi connectivity index (χ0v) is 13.2. The van der Waals surface area contributed by atoms with Crippen LogP contribution in [0.1, 0.15) is 49.5 Å². The van der Waals surface area contributed by atoms with Gasteiger partial charge >= 0.3 is 0 Å². The normalized spacial score (nSPS) is 15.4. The van der Waals surface area contributed by atoms with Gasteiger partial charge < -0.3 is 9.73 Å². The van der Waals surface area contributed by atoms with Crippen molar-refractivity contribution < 1.29 is 4.42 Å². The molecule has 0 bridgehead atoms. The molecule has 1 saturated carbocycles. The molecule has 0 amide bonds. The van der Waals surface area contributed by atoms with Crippen molar-refractivity contribution in [1.82, 2.24) is 5.32 Å². The van der Waals surface area contributed by atoms with Crippen LogP contribution in [-0.4, -0.2) is 6.54 Å². The third-order valence-corrected chi connectivity index (χ3v) is 4.11. The highest BCUT2D eigenvalue weighted by atomic mass is 35.5. The van der Waals surface area contributed by atoms with E-state index in [-0.39, 0.29) is 0 Å². The molecule has 0 saturated heterocycles. The molecule has 108 valence electrons. The second-order valence-electron chi connectivity index (χ2n) is 6.36. The van der Waals surface area contributed by atoms with Gasteiger partial charge in [0.25, 0.3) is 0 Å². The summed E-state index contributed by atoms with van der Waals surface area (Å²) in [6.45, 7) is 8.33. The predicted molar refractivity (Wildman–Crippen MR) is 84.5 cm³/mol. The lowest BCUT2D eigenvalue weighted by Crippen LogP contribution is -2.19. The molecule has 3 heteroatoms. The highest BCUT2D eigenvalue weighted by Crippen LogP contribution is 2.47. The third-order valence-electron chi connectivity index (χ3n) is 3.83. The molecule has 1 aromatic carbocycles. The molecule has 20 heavy (non-hydrogen) atoms. The van der Waals surface area contributed by atoms with Crippen molar-refractivity contribution in [2.45, 2.75) is 46.1 Å². The van der Waals surface area contributed by atoms with Gasteiger partial charge in [0, 0.05) is 10.9 Å². The fraction of sp³-hybridized carbons (Fsp3) is 0.529. The molecule has 1 aliphatic carbocycles. The molecule has 1 fully saturated rings. The van der Waals surface area contributed by atoms with Crippen LogP contribution in [-0.2, 0) is 6.54 Å². The first kappa shape index (κ1) is 14.0. The summed E-state index contributed by atoms with van der Waals surface area (Å²) in [4.78, 5) is 0. The van der Waals surface area contributed by atoms with Gasteiger partial charge in [-0.15, -0.1) is 0 Å². The van der Waals surface area contributed by atoms with E-state index in [4.69, 9.17) is 16.0 Å². The third kappa shape index (κ3) is 2.72. The maximum atomic E-state index is 6.34. The Bertz CT molecular complexity index is 625. The van der Waals surface area contributed by atoms with Gasteiger partial charge in [-0.3, -0.25) is 0 Å². The monoisotopic (exact) mass is 291 g/mol. The molecule has 0 unspecified atom stereocenters. The highest BCUT2D eigenvalue weighted by Gasteiger charge is 2.31. The summed E-state index contributed by atoms with van der Waals surface area (Å²) in [6.07, 6.45) is 2.55. The van der Waals surface area contributed by atoms with E-state index in [1.165, 1.54) is 29.4 Å². The first-order valence-electron chi connectivity index (χ1n) is 7.48. The summed E-state index contributed by atoms with van der Waals surface area (Å²) in [5, 5.41) is 5.44. The Balaban J connectivity index is 1.98. The molecule has 1 aromatic heterocycles. The molecule has 2 aromatic rings. The van der Waals surface area contributed by atoms with Crippen molar-refractivity contribution in [2.24, 2.45) is 5.92 Å². The van der Waals surface area contributed by atoms with Crippen LogP contribution >= 0.6 is 11.6 Å².